The van der Waals surface area contributed by atoms with E-state index in [0.717, 1.165) is 51.5 Å². The Morgan fingerprint density at radius 1 is 1.19 bits per heavy atom. The highest BCUT2D eigenvalue weighted by Gasteiger charge is 2.43. The Kier molecular flexibility index (Phi) is 5.25. The van der Waals surface area contributed by atoms with Crippen molar-refractivity contribution in [3.8, 4) is 0 Å². The Morgan fingerprint density at radius 3 is 2.70 bits per heavy atom. The molecule has 1 aromatic rings. The van der Waals surface area contributed by atoms with E-state index in [1.807, 2.05) is 0 Å². The number of carbonyl (C=O) groups is 1. The summed E-state index contributed by atoms with van der Waals surface area (Å²) in [6.07, 6.45) is 5.26. The molecule has 1 atom stereocenters. The van der Waals surface area contributed by atoms with Crippen LogP contribution in [0, 0.1) is 5.92 Å². The molecule has 2 aliphatic heterocycles. The van der Waals surface area contributed by atoms with E-state index < -0.39 is 0 Å². The molecule has 1 spiro atoms. The van der Waals surface area contributed by atoms with Gasteiger partial charge in [0.2, 0.25) is 17.7 Å². The van der Waals surface area contributed by atoms with E-state index in [9.17, 15) is 4.79 Å². The van der Waals surface area contributed by atoms with Crippen molar-refractivity contribution in [2.75, 3.05) is 39.8 Å². The van der Waals surface area contributed by atoms with E-state index in [0.29, 0.717) is 30.7 Å². The molecule has 0 aromatic carbocycles. The van der Waals surface area contributed by atoms with Crippen LogP contribution in [0.4, 0.5) is 0 Å². The Morgan fingerprint density at radius 2 is 2.00 bits per heavy atom. The first kappa shape index (κ1) is 18.9. The van der Waals surface area contributed by atoms with Crippen LogP contribution < -0.4 is 0 Å². The van der Waals surface area contributed by atoms with Gasteiger partial charge in [0.05, 0.1) is 6.54 Å². The highest BCUT2D eigenvalue weighted by atomic mass is 16.4. The monoisotopic (exact) mass is 375 g/mol. The molecule has 0 N–H and O–H groups in total. The fourth-order valence-electron chi connectivity index (χ4n) is 4.47. The Bertz CT molecular complexity index is 671. The molecule has 1 aliphatic carbocycles. The summed E-state index contributed by atoms with van der Waals surface area (Å²) in [5, 5.41) is 8.40. The number of amides is 1. The Hall–Kier alpha value is -1.47. The Labute approximate surface area is 162 Å². The molecule has 27 heavy (non-hydrogen) atoms. The van der Waals surface area contributed by atoms with Gasteiger partial charge in [0.1, 0.15) is 0 Å². The van der Waals surface area contributed by atoms with Crippen LogP contribution in [0.3, 0.4) is 0 Å². The number of hydrogen-bond donors (Lipinski definition) is 0. The molecular weight excluding hydrogens is 342 g/mol. The van der Waals surface area contributed by atoms with E-state index in [2.05, 4.69) is 45.8 Å². The molecule has 4 rings (SSSR count). The van der Waals surface area contributed by atoms with Gasteiger partial charge in [0, 0.05) is 50.6 Å². The quantitative estimate of drug-likeness (QED) is 0.785. The molecule has 150 valence electrons. The van der Waals surface area contributed by atoms with Crippen LogP contribution in [-0.4, -0.2) is 76.1 Å². The summed E-state index contributed by atoms with van der Waals surface area (Å²) in [6, 6.07) is 0. The van der Waals surface area contributed by atoms with E-state index in [1.54, 1.807) is 0 Å². The minimum Gasteiger partial charge on any atom is -0.424 e. The largest absolute Gasteiger partial charge is 0.424 e. The predicted molar refractivity (Wildman–Crippen MR) is 102 cm³/mol. The number of nitrogens with zero attached hydrogens (tertiary/aromatic N) is 5. The topological polar surface area (TPSA) is 65.7 Å². The van der Waals surface area contributed by atoms with Crippen LogP contribution in [0.25, 0.3) is 0 Å². The van der Waals surface area contributed by atoms with Gasteiger partial charge in [0.15, 0.2) is 0 Å². The molecule has 1 aromatic heterocycles. The first-order valence-corrected chi connectivity index (χ1v) is 10.5. The minimum atomic E-state index is 0.0765. The molecule has 7 nitrogen and oxygen atoms in total. The van der Waals surface area contributed by atoms with Gasteiger partial charge in [-0.2, -0.15) is 0 Å². The molecule has 7 heteroatoms. The number of piperazine rings is 1. The fraction of sp³-hybridized carbons (Fsp3) is 0.850. The molecule has 0 bridgehead atoms. The zero-order valence-corrected chi connectivity index (χ0v) is 17.0. The van der Waals surface area contributed by atoms with Gasteiger partial charge in [-0.05, 0) is 38.6 Å². The molecule has 0 radical (unpaired) electrons. The van der Waals surface area contributed by atoms with Crippen molar-refractivity contribution in [3.05, 3.63) is 11.8 Å². The third-order valence-corrected chi connectivity index (χ3v) is 6.59. The van der Waals surface area contributed by atoms with Crippen LogP contribution in [0.1, 0.15) is 63.7 Å². The second-order valence-electron chi connectivity index (χ2n) is 9.08. The second kappa shape index (κ2) is 7.51. The Balaban J connectivity index is 1.42. The third-order valence-electron chi connectivity index (χ3n) is 6.59. The number of likely N-dealkylation sites (N-methyl/N-ethyl adjacent to an activating group) is 1. The standard InChI is InChI=1S/C20H33N5O2/c1-15(2)19-22-21-17(27-19)13-24-11-10-23(3)20(14-24)7-6-18(26)25(9-8-20)12-16-4-5-16/h15-16H,4-14H2,1-3H3. The fourth-order valence-corrected chi connectivity index (χ4v) is 4.47. The van der Waals surface area contributed by atoms with Gasteiger partial charge in [-0.1, -0.05) is 13.8 Å². The summed E-state index contributed by atoms with van der Waals surface area (Å²) in [5.74, 6) is 2.79. The molecule has 3 fully saturated rings. The summed E-state index contributed by atoms with van der Waals surface area (Å²) in [5.41, 5.74) is 0.0765. The van der Waals surface area contributed by atoms with Crippen molar-refractivity contribution in [2.24, 2.45) is 5.92 Å². The third kappa shape index (κ3) is 4.19. The normalized spacial score (nSPS) is 28.3. The van der Waals surface area contributed by atoms with Gasteiger partial charge in [-0.15, -0.1) is 10.2 Å². The average Bonchev–Trinajstić information content (AvgIpc) is 3.36. The molecule has 3 aliphatic rings. The van der Waals surface area contributed by atoms with Crippen molar-refractivity contribution in [1.29, 1.82) is 0 Å². The zero-order valence-electron chi connectivity index (χ0n) is 17.0. The lowest BCUT2D eigenvalue weighted by atomic mass is 9.86. The second-order valence-corrected chi connectivity index (χ2v) is 9.08. The number of aromatic nitrogens is 2. The van der Waals surface area contributed by atoms with E-state index >= 15 is 0 Å². The zero-order chi connectivity index (χ0) is 19.0. The molecule has 1 amide bonds. The van der Waals surface area contributed by atoms with E-state index in [4.69, 9.17) is 4.42 Å². The highest BCUT2D eigenvalue weighted by molar-refractivity contribution is 5.76. The summed E-state index contributed by atoms with van der Waals surface area (Å²) in [4.78, 5) is 19.7. The molecule has 1 saturated carbocycles. The van der Waals surface area contributed by atoms with Crippen molar-refractivity contribution >= 4 is 5.91 Å². The maximum atomic E-state index is 12.6. The van der Waals surface area contributed by atoms with Gasteiger partial charge < -0.3 is 9.32 Å². The van der Waals surface area contributed by atoms with Crippen molar-refractivity contribution in [2.45, 2.75) is 64.0 Å². The molecule has 3 heterocycles. The average molecular weight is 376 g/mol. The van der Waals surface area contributed by atoms with E-state index in [-0.39, 0.29) is 11.5 Å². The number of hydrogen-bond acceptors (Lipinski definition) is 6. The first-order chi connectivity index (χ1) is 12.9. The van der Waals surface area contributed by atoms with Gasteiger partial charge in [-0.25, -0.2) is 0 Å². The lowest BCUT2D eigenvalue weighted by molar-refractivity contribution is -0.131. The first-order valence-electron chi connectivity index (χ1n) is 10.5. The van der Waals surface area contributed by atoms with Crippen LogP contribution in [0.15, 0.2) is 4.42 Å². The van der Waals surface area contributed by atoms with Crippen LogP contribution in [-0.2, 0) is 11.3 Å². The van der Waals surface area contributed by atoms with Crippen LogP contribution >= 0.6 is 0 Å². The smallest absolute Gasteiger partial charge is 0.230 e. The lowest BCUT2D eigenvalue weighted by Crippen LogP contribution is -2.60. The number of likely N-dealkylation sites (tertiary alicyclic amines) is 1. The van der Waals surface area contributed by atoms with Gasteiger partial charge in [0.25, 0.3) is 0 Å². The van der Waals surface area contributed by atoms with Crippen LogP contribution in [0.2, 0.25) is 0 Å². The van der Waals surface area contributed by atoms with Gasteiger partial charge in [-0.3, -0.25) is 14.6 Å². The SMILES string of the molecule is CC(C)c1nnc(CN2CCN(C)C3(CCC(=O)N(CC4CC4)CC3)C2)o1. The summed E-state index contributed by atoms with van der Waals surface area (Å²) in [7, 11) is 2.22. The minimum absolute atomic E-state index is 0.0765. The predicted octanol–water partition coefficient (Wildman–Crippen LogP) is 2.10. The maximum absolute atomic E-state index is 12.6. The van der Waals surface area contributed by atoms with Gasteiger partial charge >= 0.3 is 0 Å². The highest BCUT2D eigenvalue weighted by Crippen LogP contribution is 2.35. The molecular formula is C20H33N5O2. The summed E-state index contributed by atoms with van der Waals surface area (Å²) >= 11 is 0. The summed E-state index contributed by atoms with van der Waals surface area (Å²) in [6.45, 7) is 9.69. The molecule has 1 unspecified atom stereocenters. The maximum Gasteiger partial charge on any atom is 0.230 e. The van der Waals surface area contributed by atoms with Crippen molar-refractivity contribution in [3.63, 3.8) is 0 Å². The van der Waals surface area contributed by atoms with E-state index in [1.165, 1.54) is 12.8 Å². The van der Waals surface area contributed by atoms with Crippen molar-refractivity contribution in [1.82, 2.24) is 24.9 Å². The van der Waals surface area contributed by atoms with Crippen LogP contribution in [0.5, 0.6) is 0 Å². The molecule has 2 saturated heterocycles. The number of rotatable bonds is 5. The number of carbonyl (C=O) groups excluding carboxylic acids is 1. The lowest BCUT2D eigenvalue weighted by Gasteiger charge is -2.49. The summed E-state index contributed by atoms with van der Waals surface area (Å²) < 4.78 is 5.82. The van der Waals surface area contributed by atoms with Crippen molar-refractivity contribution < 1.29 is 9.21 Å².